The third-order valence-electron chi connectivity index (χ3n) is 5.08. The Labute approximate surface area is 108 Å². The zero-order valence-corrected chi connectivity index (χ0v) is 11.0. The summed E-state index contributed by atoms with van der Waals surface area (Å²) in [6.45, 7) is 5.48. The summed E-state index contributed by atoms with van der Waals surface area (Å²) in [7, 11) is 0. The Morgan fingerprint density at radius 1 is 1.44 bits per heavy atom. The van der Waals surface area contributed by atoms with E-state index in [0.29, 0.717) is 11.5 Å². The number of nitrogens with zero attached hydrogens (tertiary/aromatic N) is 2. The van der Waals surface area contributed by atoms with Crippen LogP contribution in [0.25, 0.3) is 0 Å². The molecular formula is C14H21N3O. The van der Waals surface area contributed by atoms with Crippen LogP contribution in [0.1, 0.15) is 37.4 Å². The molecule has 1 aromatic heterocycles. The van der Waals surface area contributed by atoms with E-state index in [2.05, 4.69) is 22.0 Å². The lowest BCUT2D eigenvalue weighted by atomic mass is 9.63. The number of hydrogen-bond acceptors (Lipinski definition) is 3. The minimum atomic E-state index is 0.479. The molecular weight excluding hydrogens is 226 g/mol. The van der Waals surface area contributed by atoms with Crippen molar-refractivity contribution in [3.8, 4) is 0 Å². The first kappa shape index (κ1) is 11.0. The molecule has 4 rings (SSSR count). The smallest absolute Gasteiger partial charge is 0.0553 e. The lowest BCUT2D eigenvalue weighted by Gasteiger charge is -2.50. The number of ether oxygens (including phenoxy) is 1. The van der Waals surface area contributed by atoms with Gasteiger partial charge < -0.3 is 4.74 Å². The molecule has 4 heteroatoms. The van der Waals surface area contributed by atoms with Gasteiger partial charge in [-0.15, -0.1) is 0 Å². The van der Waals surface area contributed by atoms with Crippen LogP contribution in [0.3, 0.4) is 0 Å². The van der Waals surface area contributed by atoms with Gasteiger partial charge in [0.05, 0.1) is 18.9 Å². The highest BCUT2D eigenvalue weighted by molar-refractivity contribution is 5.20. The molecule has 1 spiro atoms. The molecule has 98 valence electrons. The molecule has 1 N–H and O–H groups in total. The molecule has 1 aliphatic carbocycles. The Bertz CT molecular complexity index is 450. The Hall–Kier alpha value is -0.870. The van der Waals surface area contributed by atoms with Gasteiger partial charge >= 0.3 is 0 Å². The maximum Gasteiger partial charge on any atom is 0.0553 e. The van der Waals surface area contributed by atoms with Gasteiger partial charge in [0.15, 0.2) is 0 Å². The van der Waals surface area contributed by atoms with Gasteiger partial charge in [0.25, 0.3) is 0 Å². The first-order valence-corrected chi connectivity index (χ1v) is 7.11. The number of aromatic nitrogens is 2. The van der Waals surface area contributed by atoms with Crippen molar-refractivity contribution in [3.63, 3.8) is 0 Å². The normalized spacial score (nSPS) is 39.8. The fraction of sp³-hybridized carbons (Fsp3) is 0.786. The highest BCUT2D eigenvalue weighted by Crippen LogP contribution is 2.51. The fourth-order valence-electron chi connectivity index (χ4n) is 4.08. The van der Waals surface area contributed by atoms with Crippen LogP contribution in [-0.4, -0.2) is 40.4 Å². The van der Waals surface area contributed by atoms with E-state index in [-0.39, 0.29) is 0 Å². The number of rotatable bonds is 1. The van der Waals surface area contributed by atoms with Crippen LogP contribution in [-0.2, 0) is 17.7 Å². The summed E-state index contributed by atoms with van der Waals surface area (Å²) in [5, 5.41) is 7.26. The van der Waals surface area contributed by atoms with Crippen molar-refractivity contribution in [2.24, 2.45) is 5.41 Å². The highest BCUT2D eigenvalue weighted by Gasteiger charge is 2.50. The SMILES string of the molecule is CC1CC2(CO1)CC(N1CCc3[nH]ncc3C1)C2. The topological polar surface area (TPSA) is 41.1 Å². The van der Waals surface area contributed by atoms with E-state index >= 15 is 0 Å². The Balaban J connectivity index is 1.40. The largest absolute Gasteiger partial charge is 0.378 e. The Kier molecular flexibility index (Phi) is 2.33. The molecule has 0 radical (unpaired) electrons. The van der Waals surface area contributed by atoms with Gasteiger partial charge in [0.2, 0.25) is 0 Å². The molecule has 2 fully saturated rings. The molecule has 3 heterocycles. The second-order valence-electron chi connectivity index (χ2n) is 6.48. The summed E-state index contributed by atoms with van der Waals surface area (Å²) in [6.07, 6.45) is 7.55. The molecule has 0 amide bonds. The quantitative estimate of drug-likeness (QED) is 0.821. The molecule has 1 saturated heterocycles. The molecule has 0 aromatic carbocycles. The zero-order chi connectivity index (χ0) is 12.2. The van der Waals surface area contributed by atoms with Gasteiger partial charge in [0.1, 0.15) is 0 Å². The van der Waals surface area contributed by atoms with E-state index in [1.165, 1.54) is 37.1 Å². The fourth-order valence-corrected chi connectivity index (χ4v) is 4.08. The van der Waals surface area contributed by atoms with E-state index in [4.69, 9.17) is 4.74 Å². The second kappa shape index (κ2) is 3.81. The van der Waals surface area contributed by atoms with Crippen molar-refractivity contribution in [2.75, 3.05) is 13.2 Å². The molecule has 1 atom stereocenters. The van der Waals surface area contributed by atoms with Gasteiger partial charge in [-0.25, -0.2) is 0 Å². The Morgan fingerprint density at radius 3 is 3.11 bits per heavy atom. The summed E-state index contributed by atoms with van der Waals surface area (Å²) >= 11 is 0. The van der Waals surface area contributed by atoms with Crippen LogP contribution >= 0.6 is 0 Å². The van der Waals surface area contributed by atoms with Crippen molar-refractivity contribution in [1.29, 1.82) is 0 Å². The summed E-state index contributed by atoms with van der Waals surface area (Å²) < 4.78 is 5.76. The summed E-state index contributed by atoms with van der Waals surface area (Å²) in [5.74, 6) is 0. The average Bonchev–Trinajstić information content (AvgIpc) is 2.92. The molecule has 1 saturated carbocycles. The maximum atomic E-state index is 5.76. The van der Waals surface area contributed by atoms with Crippen molar-refractivity contribution >= 4 is 0 Å². The van der Waals surface area contributed by atoms with E-state index in [1.807, 2.05) is 6.20 Å². The van der Waals surface area contributed by atoms with E-state index < -0.39 is 0 Å². The number of nitrogens with one attached hydrogen (secondary N) is 1. The average molecular weight is 247 g/mol. The lowest BCUT2D eigenvalue weighted by molar-refractivity contribution is -0.0137. The number of aromatic amines is 1. The third kappa shape index (κ3) is 1.62. The van der Waals surface area contributed by atoms with Crippen LogP contribution in [0.4, 0.5) is 0 Å². The molecule has 1 aromatic rings. The number of H-pyrrole nitrogens is 1. The highest BCUT2D eigenvalue weighted by atomic mass is 16.5. The molecule has 0 bridgehead atoms. The van der Waals surface area contributed by atoms with Crippen LogP contribution in [0.2, 0.25) is 0 Å². The predicted molar refractivity (Wildman–Crippen MR) is 68.2 cm³/mol. The minimum absolute atomic E-state index is 0.479. The number of hydrogen-bond donors (Lipinski definition) is 1. The summed E-state index contributed by atoms with van der Waals surface area (Å²) in [4.78, 5) is 2.64. The first-order chi connectivity index (χ1) is 8.74. The van der Waals surface area contributed by atoms with Gasteiger partial charge in [-0.2, -0.15) is 5.10 Å². The predicted octanol–water partition coefficient (Wildman–Crippen LogP) is 1.73. The monoisotopic (exact) mass is 247 g/mol. The van der Waals surface area contributed by atoms with Crippen LogP contribution in [0, 0.1) is 5.41 Å². The molecule has 4 nitrogen and oxygen atoms in total. The lowest BCUT2D eigenvalue weighted by Crippen LogP contribution is -2.52. The van der Waals surface area contributed by atoms with Crippen LogP contribution in [0.15, 0.2) is 6.20 Å². The van der Waals surface area contributed by atoms with E-state index in [0.717, 1.165) is 25.6 Å². The Morgan fingerprint density at radius 2 is 2.33 bits per heavy atom. The standard InChI is InChI=1S/C14H21N3O/c1-10-4-14(9-18-10)5-12(6-14)17-3-2-13-11(8-17)7-15-16-13/h7,10,12H,2-6,8-9H2,1H3,(H,15,16). The van der Waals surface area contributed by atoms with Gasteiger partial charge in [-0.05, 0) is 31.6 Å². The molecule has 1 unspecified atom stereocenters. The van der Waals surface area contributed by atoms with Gasteiger partial charge in [-0.1, -0.05) is 0 Å². The van der Waals surface area contributed by atoms with E-state index in [1.54, 1.807) is 0 Å². The minimum Gasteiger partial charge on any atom is -0.378 e. The second-order valence-corrected chi connectivity index (χ2v) is 6.48. The van der Waals surface area contributed by atoms with Crippen LogP contribution < -0.4 is 0 Å². The molecule has 3 aliphatic rings. The zero-order valence-electron chi connectivity index (χ0n) is 11.0. The number of fused-ring (bicyclic) bond motifs is 1. The van der Waals surface area contributed by atoms with Crippen molar-refractivity contribution in [3.05, 3.63) is 17.5 Å². The summed E-state index contributed by atoms with van der Waals surface area (Å²) in [6, 6.07) is 0.780. The van der Waals surface area contributed by atoms with Crippen molar-refractivity contribution in [1.82, 2.24) is 15.1 Å². The summed E-state index contributed by atoms with van der Waals surface area (Å²) in [5.41, 5.74) is 3.28. The first-order valence-electron chi connectivity index (χ1n) is 7.11. The third-order valence-corrected chi connectivity index (χ3v) is 5.08. The van der Waals surface area contributed by atoms with Crippen LogP contribution in [0.5, 0.6) is 0 Å². The van der Waals surface area contributed by atoms with E-state index in [9.17, 15) is 0 Å². The molecule has 2 aliphatic heterocycles. The van der Waals surface area contributed by atoms with Gasteiger partial charge in [0, 0.05) is 36.8 Å². The maximum absolute atomic E-state index is 5.76. The molecule has 18 heavy (non-hydrogen) atoms. The van der Waals surface area contributed by atoms with Crippen molar-refractivity contribution in [2.45, 2.75) is 51.3 Å². The van der Waals surface area contributed by atoms with Crippen molar-refractivity contribution < 1.29 is 4.74 Å². The van der Waals surface area contributed by atoms with Gasteiger partial charge in [-0.3, -0.25) is 10.00 Å².